The van der Waals surface area contributed by atoms with Crippen molar-refractivity contribution >= 4 is 34.8 Å². The highest BCUT2D eigenvalue weighted by Gasteiger charge is 2.35. The fourth-order valence-electron chi connectivity index (χ4n) is 2.54. The summed E-state index contributed by atoms with van der Waals surface area (Å²) < 4.78 is 0. The van der Waals surface area contributed by atoms with E-state index in [1.807, 2.05) is 0 Å². The Balaban J connectivity index is 2.17. The molecule has 2 rings (SSSR count). The van der Waals surface area contributed by atoms with Crippen LogP contribution in [-0.4, -0.2) is 17.4 Å². The number of carbonyl (C=O) groups excluding carboxylic acids is 1. The number of carbonyl (C=O) groups is 1. The molecular formula is C14H16Cl2N2O3. The molecule has 5 nitrogen and oxygen atoms in total. The van der Waals surface area contributed by atoms with Gasteiger partial charge in [0.2, 0.25) is 0 Å². The molecule has 1 saturated carbocycles. The van der Waals surface area contributed by atoms with Crippen LogP contribution in [0.15, 0.2) is 12.1 Å². The lowest BCUT2D eigenvalue weighted by atomic mass is 9.67. The first-order chi connectivity index (χ1) is 9.88. The molecule has 0 heterocycles. The second-order valence-corrected chi connectivity index (χ2v) is 6.22. The van der Waals surface area contributed by atoms with Crippen molar-refractivity contribution in [2.75, 3.05) is 6.54 Å². The van der Waals surface area contributed by atoms with Gasteiger partial charge in [0.05, 0.1) is 20.5 Å². The number of rotatable bonds is 5. The third kappa shape index (κ3) is 3.30. The zero-order valence-corrected chi connectivity index (χ0v) is 13.1. The largest absolute Gasteiger partial charge is 0.351 e. The Morgan fingerprint density at radius 1 is 1.43 bits per heavy atom. The fourth-order valence-corrected chi connectivity index (χ4v) is 2.95. The highest BCUT2D eigenvalue weighted by atomic mass is 35.5. The molecule has 1 aliphatic carbocycles. The van der Waals surface area contributed by atoms with Crippen LogP contribution in [0.25, 0.3) is 0 Å². The lowest BCUT2D eigenvalue weighted by molar-refractivity contribution is -0.384. The third-order valence-corrected chi connectivity index (χ3v) is 5.06. The predicted molar refractivity (Wildman–Crippen MR) is 82.0 cm³/mol. The van der Waals surface area contributed by atoms with E-state index in [2.05, 4.69) is 12.2 Å². The third-order valence-electron chi connectivity index (χ3n) is 4.26. The number of nitro groups is 1. The molecule has 0 radical (unpaired) electrons. The molecule has 0 aromatic heterocycles. The molecule has 7 heteroatoms. The number of nitrogens with zero attached hydrogens (tertiary/aromatic N) is 1. The number of nitro benzene ring substituents is 1. The molecule has 1 aromatic rings. The smallest absolute Gasteiger partial charge is 0.271 e. The summed E-state index contributed by atoms with van der Waals surface area (Å²) in [7, 11) is 0. The summed E-state index contributed by atoms with van der Waals surface area (Å²) >= 11 is 11.8. The van der Waals surface area contributed by atoms with E-state index in [4.69, 9.17) is 23.2 Å². The van der Waals surface area contributed by atoms with Gasteiger partial charge in [-0.1, -0.05) is 36.5 Å². The number of nitrogens with one attached hydrogen (secondary N) is 1. The molecule has 1 N–H and O–H groups in total. The van der Waals surface area contributed by atoms with Crippen molar-refractivity contribution in [2.45, 2.75) is 32.6 Å². The van der Waals surface area contributed by atoms with Gasteiger partial charge in [0, 0.05) is 18.7 Å². The Morgan fingerprint density at radius 3 is 2.57 bits per heavy atom. The molecule has 0 bridgehead atoms. The van der Waals surface area contributed by atoms with Gasteiger partial charge < -0.3 is 5.32 Å². The zero-order valence-electron chi connectivity index (χ0n) is 11.6. The summed E-state index contributed by atoms with van der Waals surface area (Å²) in [6.07, 6.45) is 4.35. The molecule has 0 spiro atoms. The molecule has 1 aromatic carbocycles. The first-order valence-electron chi connectivity index (χ1n) is 6.80. The van der Waals surface area contributed by atoms with E-state index >= 15 is 0 Å². The number of hydrogen-bond acceptors (Lipinski definition) is 3. The molecule has 1 aliphatic rings. The van der Waals surface area contributed by atoms with Gasteiger partial charge in [-0.15, -0.1) is 0 Å². The van der Waals surface area contributed by atoms with Gasteiger partial charge in [-0.05, 0) is 24.7 Å². The lowest BCUT2D eigenvalue weighted by Gasteiger charge is -2.41. The van der Waals surface area contributed by atoms with Gasteiger partial charge in [0.1, 0.15) is 0 Å². The summed E-state index contributed by atoms with van der Waals surface area (Å²) in [5.41, 5.74) is -0.0445. The maximum atomic E-state index is 12.2. The lowest BCUT2D eigenvalue weighted by Crippen LogP contribution is -2.41. The van der Waals surface area contributed by atoms with Crippen LogP contribution < -0.4 is 5.32 Å². The van der Waals surface area contributed by atoms with Crippen LogP contribution in [0.3, 0.4) is 0 Å². The Labute approximate surface area is 132 Å². The molecule has 0 atom stereocenters. The SMILES string of the molecule is CCC1(CNC(=O)c2cc([N+](=O)[O-])cc(Cl)c2Cl)CCC1. The van der Waals surface area contributed by atoms with Gasteiger partial charge >= 0.3 is 0 Å². The summed E-state index contributed by atoms with van der Waals surface area (Å²) in [4.78, 5) is 22.4. The van der Waals surface area contributed by atoms with E-state index in [9.17, 15) is 14.9 Å². The van der Waals surface area contributed by atoms with Crippen molar-refractivity contribution in [1.29, 1.82) is 0 Å². The van der Waals surface area contributed by atoms with Gasteiger partial charge in [-0.2, -0.15) is 0 Å². The van der Waals surface area contributed by atoms with Crippen molar-refractivity contribution in [2.24, 2.45) is 5.41 Å². The first kappa shape index (κ1) is 16.0. The minimum atomic E-state index is -0.599. The van der Waals surface area contributed by atoms with Crippen LogP contribution >= 0.6 is 23.2 Å². The van der Waals surface area contributed by atoms with Crippen molar-refractivity contribution in [3.8, 4) is 0 Å². The maximum absolute atomic E-state index is 12.2. The average Bonchev–Trinajstić information content (AvgIpc) is 2.40. The van der Waals surface area contributed by atoms with E-state index in [1.165, 1.54) is 6.42 Å². The average molecular weight is 331 g/mol. The summed E-state index contributed by atoms with van der Waals surface area (Å²) in [5, 5.41) is 13.7. The van der Waals surface area contributed by atoms with Crippen LogP contribution in [0.2, 0.25) is 10.0 Å². The second kappa shape index (κ2) is 6.20. The highest BCUT2D eigenvalue weighted by Crippen LogP contribution is 2.43. The highest BCUT2D eigenvalue weighted by molar-refractivity contribution is 6.44. The molecule has 114 valence electrons. The van der Waals surface area contributed by atoms with Crippen LogP contribution in [0, 0.1) is 15.5 Å². The van der Waals surface area contributed by atoms with Crippen LogP contribution in [0.5, 0.6) is 0 Å². The zero-order chi connectivity index (χ0) is 15.6. The maximum Gasteiger partial charge on any atom is 0.271 e. The Hall–Kier alpha value is -1.33. The van der Waals surface area contributed by atoms with Crippen LogP contribution in [-0.2, 0) is 0 Å². The number of non-ortho nitro benzene ring substituents is 1. The number of benzene rings is 1. The van der Waals surface area contributed by atoms with Crippen LogP contribution in [0.1, 0.15) is 43.0 Å². The monoisotopic (exact) mass is 330 g/mol. The van der Waals surface area contributed by atoms with Gasteiger partial charge in [0.15, 0.2) is 0 Å². The summed E-state index contributed by atoms with van der Waals surface area (Å²) in [6.45, 7) is 2.65. The minimum absolute atomic E-state index is 0.00451. The van der Waals surface area contributed by atoms with E-state index in [0.29, 0.717) is 6.54 Å². The summed E-state index contributed by atoms with van der Waals surface area (Å²) in [6, 6.07) is 2.29. The molecular weight excluding hydrogens is 315 g/mol. The summed E-state index contributed by atoms with van der Waals surface area (Å²) in [5.74, 6) is -0.426. The molecule has 21 heavy (non-hydrogen) atoms. The topological polar surface area (TPSA) is 72.2 Å². The van der Waals surface area contributed by atoms with Gasteiger partial charge in [0.25, 0.3) is 11.6 Å². The molecule has 0 aliphatic heterocycles. The fraction of sp³-hybridized carbons (Fsp3) is 0.500. The van der Waals surface area contributed by atoms with E-state index in [0.717, 1.165) is 31.4 Å². The minimum Gasteiger partial charge on any atom is -0.351 e. The van der Waals surface area contributed by atoms with E-state index in [-0.39, 0.29) is 26.7 Å². The first-order valence-corrected chi connectivity index (χ1v) is 7.56. The second-order valence-electron chi connectivity index (χ2n) is 5.44. The van der Waals surface area contributed by atoms with E-state index in [1.54, 1.807) is 0 Å². The Kier molecular flexibility index (Phi) is 4.74. The predicted octanol–water partition coefficient (Wildman–Crippen LogP) is 4.21. The molecule has 0 saturated heterocycles. The normalized spacial score (nSPS) is 16.1. The van der Waals surface area contributed by atoms with Crippen molar-refractivity contribution < 1.29 is 9.72 Å². The standard InChI is InChI=1S/C14H16Cl2N2O3/c1-2-14(4-3-5-14)8-17-13(19)10-6-9(18(20)21)7-11(15)12(10)16/h6-7H,2-5,8H2,1H3,(H,17,19). The number of hydrogen-bond donors (Lipinski definition) is 1. The van der Waals surface area contributed by atoms with Gasteiger partial charge in [-0.3, -0.25) is 14.9 Å². The quantitative estimate of drug-likeness (QED) is 0.649. The molecule has 1 fully saturated rings. The van der Waals surface area contributed by atoms with Gasteiger partial charge in [-0.25, -0.2) is 0 Å². The Bertz CT molecular complexity index is 580. The number of amides is 1. The molecule has 1 amide bonds. The molecule has 0 unspecified atom stereocenters. The van der Waals surface area contributed by atoms with Crippen molar-refractivity contribution in [3.63, 3.8) is 0 Å². The van der Waals surface area contributed by atoms with E-state index < -0.39 is 10.8 Å². The van der Waals surface area contributed by atoms with Crippen molar-refractivity contribution in [1.82, 2.24) is 5.32 Å². The van der Waals surface area contributed by atoms with Crippen LogP contribution in [0.4, 0.5) is 5.69 Å². The van der Waals surface area contributed by atoms with Crippen molar-refractivity contribution in [3.05, 3.63) is 37.9 Å². The number of halogens is 2. The Morgan fingerprint density at radius 2 is 2.10 bits per heavy atom.